The second kappa shape index (κ2) is 7.54. The molecule has 2 aliphatic heterocycles. The van der Waals surface area contributed by atoms with Gasteiger partial charge in [0.2, 0.25) is 5.91 Å². The molecule has 0 unspecified atom stereocenters. The minimum atomic E-state index is -0.713. The van der Waals surface area contributed by atoms with E-state index in [-0.39, 0.29) is 24.0 Å². The molecule has 6 heteroatoms. The van der Waals surface area contributed by atoms with Crippen molar-refractivity contribution in [2.24, 2.45) is 0 Å². The molecule has 6 nitrogen and oxygen atoms in total. The van der Waals surface area contributed by atoms with E-state index in [0.717, 1.165) is 18.7 Å². The molecular weight excluding hydrogens is 318 g/mol. The van der Waals surface area contributed by atoms with Crippen LogP contribution in [0.1, 0.15) is 38.3 Å². The van der Waals surface area contributed by atoms with E-state index < -0.39 is 12.1 Å². The molecule has 2 saturated heterocycles. The van der Waals surface area contributed by atoms with E-state index in [4.69, 9.17) is 4.74 Å². The van der Waals surface area contributed by atoms with Gasteiger partial charge in [0.15, 0.2) is 6.10 Å². The normalized spacial score (nSPS) is 24.8. The third-order valence-electron chi connectivity index (χ3n) is 5.09. The van der Waals surface area contributed by atoms with Gasteiger partial charge in [0.25, 0.3) is 5.91 Å². The Hall–Kier alpha value is -1.92. The molecule has 1 aromatic carbocycles. The Balaban J connectivity index is 1.65. The number of likely N-dealkylation sites (tertiary alicyclic amines) is 1. The Morgan fingerprint density at radius 3 is 2.64 bits per heavy atom. The molecule has 0 aliphatic carbocycles. The van der Waals surface area contributed by atoms with Crippen molar-refractivity contribution in [1.29, 1.82) is 0 Å². The van der Waals surface area contributed by atoms with E-state index >= 15 is 0 Å². The molecule has 0 saturated carbocycles. The van der Waals surface area contributed by atoms with E-state index in [9.17, 15) is 9.59 Å². The van der Waals surface area contributed by atoms with Crippen LogP contribution in [-0.2, 0) is 14.3 Å². The Bertz CT molecular complexity index is 612. The molecule has 2 heterocycles. The van der Waals surface area contributed by atoms with E-state index in [1.807, 2.05) is 30.3 Å². The lowest BCUT2D eigenvalue weighted by atomic mass is 9.98. The first-order valence-corrected chi connectivity index (χ1v) is 8.96. The highest BCUT2D eigenvalue weighted by atomic mass is 16.5. The molecule has 0 radical (unpaired) electrons. The summed E-state index contributed by atoms with van der Waals surface area (Å²) < 4.78 is 5.57. The summed E-state index contributed by atoms with van der Waals surface area (Å²) in [6.07, 6.45) is 1.71. The predicted octanol–water partition coefficient (Wildman–Crippen LogP) is 1.23. The zero-order chi connectivity index (χ0) is 17.9. The smallest absolute Gasteiger partial charge is 0.251 e. The Morgan fingerprint density at radius 1 is 1.28 bits per heavy atom. The number of hydrogen-bond donors (Lipinski definition) is 2. The third-order valence-corrected chi connectivity index (χ3v) is 5.09. The number of carbonyl (C=O) groups is 2. The second-order valence-corrected chi connectivity index (χ2v) is 7.41. The molecule has 2 amide bonds. The standard InChI is InChI=1S/C19H27N3O3/c1-19(2,22-10-6-7-11-22)13-20-18(24)17-16(21-15(23)12-25-17)14-8-4-3-5-9-14/h3-5,8-9,16-17H,6-7,10-13H2,1-2H3,(H,20,24)(H,21,23)/t16-,17+/m1/s1. The minimum absolute atomic E-state index is 0.0864. The average Bonchev–Trinajstić information content (AvgIpc) is 3.16. The van der Waals surface area contributed by atoms with Gasteiger partial charge < -0.3 is 15.4 Å². The highest BCUT2D eigenvalue weighted by molar-refractivity contribution is 5.86. The fraction of sp³-hybridized carbons (Fsp3) is 0.579. The Labute approximate surface area is 148 Å². The second-order valence-electron chi connectivity index (χ2n) is 7.41. The Morgan fingerprint density at radius 2 is 1.96 bits per heavy atom. The summed E-state index contributed by atoms with van der Waals surface area (Å²) in [5, 5.41) is 5.91. The fourth-order valence-corrected chi connectivity index (χ4v) is 3.54. The molecule has 0 aromatic heterocycles. The van der Waals surface area contributed by atoms with Gasteiger partial charge in [-0.15, -0.1) is 0 Å². The van der Waals surface area contributed by atoms with Crippen LogP contribution in [0.4, 0.5) is 0 Å². The third kappa shape index (κ3) is 4.19. The first-order valence-electron chi connectivity index (χ1n) is 8.96. The number of hydrogen-bond acceptors (Lipinski definition) is 4. The first-order chi connectivity index (χ1) is 12.0. The lowest BCUT2D eigenvalue weighted by Gasteiger charge is -2.37. The van der Waals surface area contributed by atoms with E-state index in [1.165, 1.54) is 12.8 Å². The number of ether oxygens (including phenoxy) is 1. The van der Waals surface area contributed by atoms with Crippen molar-refractivity contribution in [3.63, 3.8) is 0 Å². The van der Waals surface area contributed by atoms with Gasteiger partial charge in [-0.05, 0) is 45.3 Å². The van der Waals surface area contributed by atoms with Crippen LogP contribution in [0.5, 0.6) is 0 Å². The van der Waals surface area contributed by atoms with Crippen LogP contribution < -0.4 is 10.6 Å². The highest BCUT2D eigenvalue weighted by Gasteiger charge is 2.37. The maximum absolute atomic E-state index is 12.7. The van der Waals surface area contributed by atoms with Crippen LogP contribution in [0.3, 0.4) is 0 Å². The molecule has 1 aromatic rings. The molecule has 2 aliphatic rings. The number of carbonyl (C=O) groups excluding carboxylic acids is 2. The maximum atomic E-state index is 12.7. The van der Waals surface area contributed by atoms with Gasteiger partial charge in [-0.2, -0.15) is 0 Å². The van der Waals surface area contributed by atoms with Crippen LogP contribution >= 0.6 is 0 Å². The molecule has 136 valence electrons. The van der Waals surface area contributed by atoms with E-state index in [2.05, 4.69) is 29.4 Å². The fourth-order valence-electron chi connectivity index (χ4n) is 3.54. The number of benzene rings is 1. The summed E-state index contributed by atoms with van der Waals surface area (Å²) >= 11 is 0. The molecule has 3 rings (SSSR count). The summed E-state index contributed by atoms with van der Waals surface area (Å²) in [4.78, 5) is 26.9. The Kier molecular flexibility index (Phi) is 5.39. The van der Waals surface area contributed by atoms with Crippen LogP contribution in [-0.4, -0.2) is 54.6 Å². The van der Waals surface area contributed by atoms with E-state index in [0.29, 0.717) is 6.54 Å². The molecule has 2 N–H and O–H groups in total. The van der Waals surface area contributed by atoms with Gasteiger partial charge in [0, 0.05) is 12.1 Å². The van der Waals surface area contributed by atoms with Gasteiger partial charge in [-0.1, -0.05) is 30.3 Å². The number of rotatable bonds is 5. The van der Waals surface area contributed by atoms with Gasteiger partial charge in [0.05, 0.1) is 6.04 Å². The van der Waals surface area contributed by atoms with Gasteiger partial charge in [-0.3, -0.25) is 14.5 Å². The van der Waals surface area contributed by atoms with Crippen LogP contribution in [0.15, 0.2) is 30.3 Å². The zero-order valence-corrected chi connectivity index (χ0v) is 15.0. The molecule has 0 bridgehead atoms. The van der Waals surface area contributed by atoms with Crippen molar-refractivity contribution in [3.8, 4) is 0 Å². The van der Waals surface area contributed by atoms with Crippen LogP contribution in [0.25, 0.3) is 0 Å². The average molecular weight is 345 g/mol. The van der Waals surface area contributed by atoms with Crippen molar-refractivity contribution < 1.29 is 14.3 Å². The van der Waals surface area contributed by atoms with Gasteiger partial charge >= 0.3 is 0 Å². The summed E-state index contributed by atoms with van der Waals surface area (Å²) in [5.41, 5.74) is 0.779. The number of morpholine rings is 1. The molecule has 2 fully saturated rings. The van der Waals surface area contributed by atoms with Gasteiger partial charge in [-0.25, -0.2) is 0 Å². The first kappa shape index (κ1) is 17.9. The lowest BCUT2D eigenvalue weighted by Crippen LogP contribution is -2.56. The van der Waals surface area contributed by atoms with Crippen molar-refractivity contribution in [3.05, 3.63) is 35.9 Å². The number of nitrogens with one attached hydrogen (secondary N) is 2. The monoisotopic (exact) mass is 345 g/mol. The van der Waals surface area contributed by atoms with Crippen molar-refractivity contribution in [1.82, 2.24) is 15.5 Å². The number of amides is 2. The number of nitrogens with zero attached hydrogens (tertiary/aromatic N) is 1. The van der Waals surface area contributed by atoms with Crippen molar-refractivity contribution >= 4 is 11.8 Å². The van der Waals surface area contributed by atoms with Crippen molar-refractivity contribution in [2.45, 2.75) is 44.4 Å². The molecule has 0 spiro atoms. The topological polar surface area (TPSA) is 70.7 Å². The molecular formula is C19H27N3O3. The molecule has 2 atom stereocenters. The van der Waals surface area contributed by atoms with Crippen molar-refractivity contribution in [2.75, 3.05) is 26.2 Å². The zero-order valence-electron chi connectivity index (χ0n) is 15.0. The lowest BCUT2D eigenvalue weighted by molar-refractivity contribution is -0.148. The summed E-state index contributed by atoms with van der Waals surface area (Å²) in [5.74, 6) is -0.378. The minimum Gasteiger partial charge on any atom is -0.356 e. The predicted molar refractivity (Wildman–Crippen MR) is 95.0 cm³/mol. The van der Waals surface area contributed by atoms with E-state index in [1.54, 1.807) is 0 Å². The summed E-state index contributed by atoms with van der Waals surface area (Å²) in [6, 6.07) is 9.02. The molecule has 25 heavy (non-hydrogen) atoms. The largest absolute Gasteiger partial charge is 0.356 e. The summed E-state index contributed by atoms with van der Waals surface area (Å²) in [7, 11) is 0. The summed E-state index contributed by atoms with van der Waals surface area (Å²) in [6.45, 7) is 6.92. The highest BCUT2D eigenvalue weighted by Crippen LogP contribution is 2.24. The van der Waals surface area contributed by atoms with Crippen LogP contribution in [0, 0.1) is 0 Å². The van der Waals surface area contributed by atoms with Crippen LogP contribution in [0.2, 0.25) is 0 Å². The quantitative estimate of drug-likeness (QED) is 0.842. The SMILES string of the molecule is CC(C)(CNC(=O)[C@H]1OCC(=O)N[C@@H]1c1ccccc1)N1CCCC1. The van der Waals surface area contributed by atoms with Gasteiger partial charge in [0.1, 0.15) is 6.61 Å². The maximum Gasteiger partial charge on any atom is 0.251 e.